The van der Waals surface area contributed by atoms with E-state index < -0.39 is 5.97 Å². The Hall–Kier alpha value is -1.89. The Kier molecular flexibility index (Phi) is 6.91. The number of nitrogens with one attached hydrogen (secondary N) is 1. The molecule has 0 saturated heterocycles. The van der Waals surface area contributed by atoms with Crippen LogP contribution >= 0.6 is 22.6 Å². The summed E-state index contributed by atoms with van der Waals surface area (Å²) in [6, 6.07) is 13.3. The zero-order valence-corrected chi connectivity index (χ0v) is 19.5. The molecule has 0 bridgehead atoms. The normalized spacial score (nSPS) is 11.8. The molecular formula is C23H28INO3. The van der Waals surface area contributed by atoms with Crippen LogP contribution in [0.3, 0.4) is 0 Å². The van der Waals surface area contributed by atoms with E-state index in [0.717, 1.165) is 14.7 Å². The van der Waals surface area contributed by atoms with E-state index in [1.54, 1.807) is 0 Å². The number of hydrogen-bond donors (Lipinski definition) is 1. The van der Waals surface area contributed by atoms with Gasteiger partial charge in [0.15, 0.2) is 6.61 Å². The average Bonchev–Trinajstić information content (AvgIpc) is 2.59. The summed E-state index contributed by atoms with van der Waals surface area (Å²) in [5, 5.41) is 2.73. The van der Waals surface area contributed by atoms with Crippen LogP contribution in [0.2, 0.25) is 0 Å². The first-order chi connectivity index (χ1) is 12.9. The lowest BCUT2D eigenvalue weighted by Crippen LogP contribution is -2.22. The molecule has 4 nitrogen and oxygen atoms in total. The van der Waals surface area contributed by atoms with Crippen molar-refractivity contribution in [2.45, 2.75) is 52.4 Å². The number of hydrogen-bond acceptors (Lipinski definition) is 3. The molecule has 0 aliphatic carbocycles. The smallest absolute Gasteiger partial charge is 0.338 e. The minimum atomic E-state index is -0.491. The summed E-state index contributed by atoms with van der Waals surface area (Å²) in [5.41, 5.74) is 3.08. The maximum Gasteiger partial charge on any atom is 0.338 e. The summed E-state index contributed by atoms with van der Waals surface area (Å²) in [6.07, 6.45) is 0. The van der Waals surface area contributed by atoms with Crippen molar-refractivity contribution in [2.75, 3.05) is 11.9 Å². The number of ether oxygens (including phenoxy) is 1. The fourth-order valence-electron chi connectivity index (χ4n) is 2.56. The van der Waals surface area contributed by atoms with Crippen molar-refractivity contribution in [1.29, 1.82) is 0 Å². The second kappa shape index (κ2) is 8.64. The number of esters is 1. The number of carbonyl (C=O) groups is 2. The Morgan fingerprint density at radius 2 is 1.39 bits per heavy atom. The molecule has 0 atom stereocenters. The lowest BCUT2D eigenvalue weighted by Gasteiger charge is -2.25. The summed E-state index contributed by atoms with van der Waals surface area (Å²) in [7, 11) is 0. The first-order valence-electron chi connectivity index (χ1n) is 9.25. The molecule has 0 radical (unpaired) electrons. The van der Waals surface area contributed by atoms with Crippen LogP contribution in [-0.2, 0) is 20.4 Å². The second-order valence-corrected chi connectivity index (χ2v) is 10.2. The molecule has 0 spiro atoms. The SMILES string of the molecule is CC(C)(C)c1cc(C(=O)OCC(=O)Nc2ccc(I)cc2)cc(C(C)(C)C)c1. The van der Waals surface area contributed by atoms with Gasteiger partial charge in [0.25, 0.3) is 5.91 Å². The van der Waals surface area contributed by atoms with Crippen molar-refractivity contribution in [3.63, 3.8) is 0 Å². The molecule has 0 heterocycles. The number of carbonyl (C=O) groups excluding carboxylic acids is 2. The maximum atomic E-state index is 12.6. The second-order valence-electron chi connectivity index (χ2n) is 8.93. The number of halogens is 1. The first kappa shape index (κ1) is 22.4. The molecule has 150 valence electrons. The van der Waals surface area contributed by atoms with Crippen molar-refractivity contribution in [1.82, 2.24) is 0 Å². The molecule has 0 aliphatic rings. The Balaban J connectivity index is 2.12. The summed E-state index contributed by atoms with van der Waals surface area (Å²) >= 11 is 2.20. The Morgan fingerprint density at radius 3 is 1.86 bits per heavy atom. The van der Waals surface area contributed by atoms with Crippen molar-refractivity contribution in [2.24, 2.45) is 0 Å². The molecule has 0 aromatic heterocycles. The van der Waals surface area contributed by atoms with Crippen LogP contribution in [0, 0.1) is 3.57 Å². The third-order valence-electron chi connectivity index (χ3n) is 4.36. The zero-order chi connectivity index (χ0) is 21.1. The molecule has 2 rings (SSSR count). The number of anilines is 1. The largest absolute Gasteiger partial charge is 0.452 e. The van der Waals surface area contributed by atoms with Crippen LogP contribution < -0.4 is 5.32 Å². The third kappa shape index (κ3) is 6.33. The van der Waals surface area contributed by atoms with Gasteiger partial charge < -0.3 is 10.1 Å². The number of benzene rings is 2. The number of amides is 1. The van der Waals surface area contributed by atoms with Gasteiger partial charge in [-0.25, -0.2) is 4.79 Å². The monoisotopic (exact) mass is 493 g/mol. The molecule has 0 fully saturated rings. The summed E-state index contributed by atoms with van der Waals surface area (Å²) in [5.74, 6) is -0.855. The lowest BCUT2D eigenvalue weighted by molar-refractivity contribution is -0.119. The molecule has 2 aromatic rings. The highest BCUT2D eigenvalue weighted by Gasteiger charge is 2.23. The van der Waals surface area contributed by atoms with E-state index in [2.05, 4.69) is 75.5 Å². The van der Waals surface area contributed by atoms with Gasteiger partial charge in [0.05, 0.1) is 5.56 Å². The van der Waals surface area contributed by atoms with Crippen molar-refractivity contribution >= 4 is 40.2 Å². The number of rotatable bonds is 4. The fraction of sp³-hybridized carbons (Fsp3) is 0.391. The van der Waals surface area contributed by atoms with Crippen LogP contribution in [0.25, 0.3) is 0 Å². The van der Waals surface area contributed by atoms with Crippen LogP contribution in [0.1, 0.15) is 63.0 Å². The van der Waals surface area contributed by atoms with E-state index in [0.29, 0.717) is 11.3 Å². The van der Waals surface area contributed by atoms with Crippen LogP contribution in [0.4, 0.5) is 5.69 Å². The summed E-state index contributed by atoms with van der Waals surface area (Å²) in [6.45, 7) is 12.3. The van der Waals surface area contributed by atoms with Crippen LogP contribution in [-0.4, -0.2) is 18.5 Å². The first-order valence-corrected chi connectivity index (χ1v) is 10.3. The van der Waals surface area contributed by atoms with E-state index >= 15 is 0 Å². The standard InChI is InChI=1S/C23H28INO3/c1-22(2,3)16-11-15(12-17(13-16)23(4,5)6)21(27)28-14-20(26)25-19-9-7-18(24)8-10-19/h7-13H,14H2,1-6H3,(H,25,26). The topological polar surface area (TPSA) is 55.4 Å². The Labute approximate surface area is 181 Å². The van der Waals surface area contributed by atoms with Gasteiger partial charge in [-0.2, -0.15) is 0 Å². The van der Waals surface area contributed by atoms with E-state index in [1.807, 2.05) is 36.4 Å². The van der Waals surface area contributed by atoms with Gasteiger partial charge in [-0.1, -0.05) is 47.6 Å². The third-order valence-corrected chi connectivity index (χ3v) is 5.08. The van der Waals surface area contributed by atoms with E-state index in [1.165, 1.54) is 0 Å². The van der Waals surface area contributed by atoms with Crippen LogP contribution in [0.5, 0.6) is 0 Å². The highest BCUT2D eigenvalue weighted by molar-refractivity contribution is 14.1. The lowest BCUT2D eigenvalue weighted by atomic mass is 9.79. The Morgan fingerprint density at radius 1 is 0.893 bits per heavy atom. The summed E-state index contributed by atoms with van der Waals surface area (Å²) in [4.78, 5) is 24.7. The molecule has 0 unspecified atom stereocenters. The highest BCUT2D eigenvalue weighted by atomic mass is 127. The van der Waals surface area contributed by atoms with Gasteiger partial charge in [-0.15, -0.1) is 0 Å². The predicted octanol–water partition coefficient (Wildman–Crippen LogP) is 5.68. The average molecular weight is 493 g/mol. The highest BCUT2D eigenvalue weighted by Crippen LogP contribution is 2.30. The van der Waals surface area contributed by atoms with Crippen molar-refractivity contribution in [3.05, 3.63) is 62.7 Å². The van der Waals surface area contributed by atoms with Gasteiger partial charge in [0, 0.05) is 9.26 Å². The molecule has 28 heavy (non-hydrogen) atoms. The summed E-state index contributed by atoms with van der Waals surface area (Å²) < 4.78 is 6.35. The van der Waals surface area contributed by atoms with Crippen molar-refractivity contribution in [3.8, 4) is 0 Å². The van der Waals surface area contributed by atoms with Gasteiger partial charge in [-0.3, -0.25) is 4.79 Å². The van der Waals surface area contributed by atoms with E-state index in [-0.39, 0.29) is 23.3 Å². The van der Waals surface area contributed by atoms with Gasteiger partial charge in [0.2, 0.25) is 0 Å². The minimum absolute atomic E-state index is 0.0987. The van der Waals surface area contributed by atoms with E-state index in [9.17, 15) is 9.59 Å². The van der Waals surface area contributed by atoms with Crippen LogP contribution in [0.15, 0.2) is 42.5 Å². The van der Waals surface area contributed by atoms with Gasteiger partial charge in [0.1, 0.15) is 0 Å². The van der Waals surface area contributed by atoms with Gasteiger partial charge in [-0.05, 0) is 80.9 Å². The quantitative estimate of drug-likeness (QED) is 0.441. The van der Waals surface area contributed by atoms with E-state index in [4.69, 9.17) is 4.74 Å². The van der Waals surface area contributed by atoms with Gasteiger partial charge >= 0.3 is 5.97 Å². The zero-order valence-electron chi connectivity index (χ0n) is 17.4. The molecule has 0 saturated carbocycles. The molecule has 1 amide bonds. The molecule has 5 heteroatoms. The minimum Gasteiger partial charge on any atom is -0.452 e. The van der Waals surface area contributed by atoms with Crippen molar-refractivity contribution < 1.29 is 14.3 Å². The maximum absolute atomic E-state index is 12.6. The molecule has 1 N–H and O–H groups in total. The molecule has 0 aliphatic heterocycles. The fourth-order valence-corrected chi connectivity index (χ4v) is 2.92. The molecule has 2 aromatic carbocycles. The molecular weight excluding hydrogens is 465 g/mol. The Bertz CT molecular complexity index is 827. The predicted molar refractivity (Wildman–Crippen MR) is 122 cm³/mol.